The zero-order chi connectivity index (χ0) is 15.4. The molecule has 1 aromatic carbocycles. The quantitative estimate of drug-likeness (QED) is 0.898. The molecule has 1 aliphatic rings. The van der Waals surface area contributed by atoms with E-state index < -0.39 is 0 Å². The third kappa shape index (κ3) is 3.85. The van der Waals surface area contributed by atoms with Gasteiger partial charge in [-0.15, -0.1) is 0 Å². The Labute approximate surface area is 130 Å². The van der Waals surface area contributed by atoms with Crippen molar-refractivity contribution >= 4 is 0 Å². The van der Waals surface area contributed by atoms with Crippen LogP contribution in [0.3, 0.4) is 0 Å². The molecule has 2 rings (SSSR count). The first-order chi connectivity index (χ1) is 10.1. The first-order valence-electron chi connectivity index (χ1n) is 8.27. The Balaban J connectivity index is 2.08. The highest BCUT2D eigenvalue weighted by Gasteiger charge is 2.28. The molecule has 0 bridgehead atoms. The maximum absolute atomic E-state index is 3.52. The van der Waals surface area contributed by atoms with Crippen LogP contribution in [0.15, 0.2) is 24.3 Å². The number of piperazine rings is 1. The number of rotatable bonds is 5. The van der Waals surface area contributed by atoms with Crippen LogP contribution in [0.1, 0.15) is 37.9 Å². The maximum Gasteiger partial charge on any atom is 0.0473 e. The molecule has 118 valence electrons. The second kappa shape index (κ2) is 7.39. The minimum atomic E-state index is 0.395. The van der Waals surface area contributed by atoms with Gasteiger partial charge in [0.2, 0.25) is 0 Å². The van der Waals surface area contributed by atoms with Crippen molar-refractivity contribution in [3.05, 3.63) is 35.4 Å². The van der Waals surface area contributed by atoms with Crippen LogP contribution in [0.4, 0.5) is 0 Å². The molecule has 0 saturated carbocycles. The Morgan fingerprint density at radius 2 is 1.90 bits per heavy atom. The van der Waals surface area contributed by atoms with Gasteiger partial charge < -0.3 is 10.2 Å². The van der Waals surface area contributed by atoms with Crippen molar-refractivity contribution in [2.24, 2.45) is 0 Å². The molecule has 1 aromatic rings. The number of aryl methyl sites for hydroxylation is 1. The van der Waals surface area contributed by atoms with E-state index in [4.69, 9.17) is 0 Å². The van der Waals surface area contributed by atoms with E-state index in [2.05, 4.69) is 74.2 Å². The minimum absolute atomic E-state index is 0.395. The highest BCUT2D eigenvalue weighted by atomic mass is 15.3. The van der Waals surface area contributed by atoms with Crippen molar-refractivity contribution in [2.45, 2.75) is 45.3 Å². The molecule has 1 N–H and O–H groups in total. The fourth-order valence-corrected chi connectivity index (χ4v) is 3.30. The third-order valence-electron chi connectivity index (χ3n) is 5.11. The van der Waals surface area contributed by atoms with Gasteiger partial charge in [-0.05, 0) is 45.5 Å². The lowest BCUT2D eigenvalue weighted by molar-refractivity contribution is 0.0644. The topological polar surface area (TPSA) is 18.5 Å². The first-order valence-corrected chi connectivity index (χ1v) is 8.27. The average Bonchev–Trinajstić information content (AvgIpc) is 2.51. The number of hydrogen-bond acceptors (Lipinski definition) is 3. The van der Waals surface area contributed by atoms with Crippen molar-refractivity contribution in [3.8, 4) is 0 Å². The molecule has 1 saturated heterocycles. The fraction of sp³-hybridized carbons (Fsp3) is 0.667. The molecular formula is C18H31N3. The van der Waals surface area contributed by atoms with Gasteiger partial charge in [0.15, 0.2) is 0 Å². The molecule has 1 heterocycles. The lowest BCUT2D eigenvalue weighted by Gasteiger charge is -2.43. The Morgan fingerprint density at radius 3 is 2.43 bits per heavy atom. The van der Waals surface area contributed by atoms with Crippen LogP contribution in [0.2, 0.25) is 0 Å². The Morgan fingerprint density at radius 1 is 1.24 bits per heavy atom. The summed E-state index contributed by atoms with van der Waals surface area (Å²) in [4.78, 5) is 5.08. The Kier molecular flexibility index (Phi) is 5.80. The average molecular weight is 289 g/mol. The van der Waals surface area contributed by atoms with Crippen molar-refractivity contribution < 1.29 is 0 Å². The van der Waals surface area contributed by atoms with Crippen LogP contribution in [-0.2, 0) is 6.42 Å². The highest BCUT2D eigenvalue weighted by Crippen LogP contribution is 2.23. The van der Waals surface area contributed by atoms with E-state index >= 15 is 0 Å². The molecule has 1 aliphatic heterocycles. The highest BCUT2D eigenvalue weighted by molar-refractivity contribution is 5.26. The Hall–Kier alpha value is -0.900. The number of benzene rings is 1. The van der Waals surface area contributed by atoms with E-state index in [-0.39, 0.29) is 0 Å². The predicted octanol–water partition coefficient (Wildman–Crippen LogP) is 2.53. The second-order valence-electron chi connectivity index (χ2n) is 6.43. The van der Waals surface area contributed by atoms with Crippen LogP contribution < -0.4 is 5.32 Å². The molecule has 0 aromatic heterocycles. The third-order valence-corrected chi connectivity index (χ3v) is 5.11. The zero-order valence-electron chi connectivity index (χ0n) is 14.3. The minimum Gasteiger partial charge on any atom is -0.312 e. The lowest BCUT2D eigenvalue weighted by Crippen LogP contribution is -2.55. The summed E-state index contributed by atoms with van der Waals surface area (Å²) in [7, 11) is 4.31. The molecule has 0 amide bonds. The van der Waals surface area contributed by atoms with Gasteiger partial charge in [0.05, 0.1) is 0 Å². The summed E-state index contributed by atoms with van der Waals surface area (Å²) >= 11 is 0. The number of nitrogens with one attached hydrogen (secondary N) is 1. The summed E-state index contributed by atoms with van der Waals surface area (Å²) in [5.41, 5.74) is 2.81. The SMILES string of the molecule is CCc1ccc(C(NC)C(C)N2CCN(C)C(C)C2)cc1. The van der Waals surface area contributed by atoms with Gasteiger partial charge in [-0.25, -0.2) is 0 Å². The number of hydrogen-bond donors (Lipinski definition) is 1. The predicted molar refractivity (Wildman–Crippen MR) is 90.7 cm³/mol. The number of likely N-dealkylation sites (N-methyl/N-ethyl adjacent to an activating group) is 2. The van der Waals surface area contributed by atoms with Gasteiger partial charge in [0.1, 0.15) is 0 Å². The first kappa shape index (κ1) is 16.5. The van der Waals surface area contributed by atoms with Gasteiger partial charge in [-0.2, -0.15) is 0 Å². The zero-order valence-corrected chi connectivity index (χ0v) is 14.3. The van der Waals surface area contributed by atoms with Crippen LogP contribution >= 0.6 is 0 Å². The van der Waals surface area contributed by atoms with E-state index in [1.54, 1.807) is 0 Å². The molecule has 0 aliphatic carbocycles. The smallest absolute Gasteiger partial charge is 0.0473 e. The molecule has 0 radical (unpaired) electrons. The maximum atomic E-state index is 3.52. The number of nitrogens with zero attached hydrogens (tertiary/aromatic N) is 2. The van der Waals surface area contributed by atoms with E-state index in [1.807, 2.05) is 0 Å². The normalized spacial score (nSPS) is 24.0. The summed E-state index contributed by atoms with van der Waals surface area (Å²) in [6, 6.07) is 10.6. The Bertz CT molecular complexity index is 429. The second-order valence-corrected chi connectivity index (χ2v) is 6.43. The standard InChI is InChI=1S/C18H31N3/c1-6-16-7-9-17(10-8-16)18(19-4)15(3)21-12-11-20(5)14(2)13-21/h7-10,14-15,18-19H,6,11-13H2,1-5H3. The molecule has 21 heavy (non-hydrogen) atoms. The van der Waals surface area contributed by atoms with E-state index in [0.29, 0.717) is 18.1 Å². The van der Waals surface area contributed by atoms with Crippen LogP contribution in [0.25, 0.3) is 0 Å². The van der Waals surface area contributed by atoms with E-state index in [9.17, 15) is 0 Å². The summed E-state index contributed by atoms with van der Waals surface area (Å²) < 4.78 is 0. The van der Waals surface area contributed by atoms with Gasteiger partial charge in [0.25, 0.3) is 0 Å². The summed E-state index contributed by atoms with van der Waals surface area (Å²) in [6.07, 6.45) is 1.11. The summed E-state index contributed by atoms with van der Waals surface area (Å²) in [5, 5.41) is 3.52. The van der Waals surface area contributed by atoms with Crippen LogP contribution in [0, 0.1) is 0 Å². The van der Waals surface area contributed by atoms with E-state index in [0.717, 1.165) is 26.1 Å². The van der Waals surface area contributed by atoms with Gasteiger partial charge in [0, 0.05) is 37.8 Å². The van der Waals surface area contributed by atoms with E-state index in [1.165, 1.54) is 11.1 Å². The molecule has 1 fully saturated rings. The van der Waals surface area contributed by atoms with Crippen molar-refractivity contribution in [1.82, 2.24) is 15.1 Å². The summed E-state index contributed by atoms with van der Waals surface area (Å²) in [6.45, 7) is 10.4. The van der Waals surface area contributed by atoms with Crippen molar-refractivity contribution in [2.75, 3.05) is 33.7 Å². The summed E-state index contributed by atoms with van der Waals surface area (Å²) in [5.74, 6) is 0. The van der Waals surface area contributed by atoms with Crippen molar-refractivity contribution in [3.63, 3.8) is 0 Å². The molecular weight excluding hydrogens is 258 g/mol. The van der Waals surface area contributed by atoms with Gasteiger partial charge >= 0.3 is 0 Å². The monoisotopic (exact) mass is 289 g/mol. The van der Waals surface area contributed by atoms with Gasteiger partial charge in [-0.1, -0.05) is 31.2 Å². The largest absolute Gasteiger partial charge is 0.312 e. The van der Waals surface area contributed by atoms with Gasteiger partial charge in [-0.3, -0.25) is 4.90 Å². The molecule has 3 nitrogen and oxygen atoms in total. The molecule has 3 atom stereocenters. The molecule has 3 unspecified atom stereocenters. The van der Waals surface area contributed by atoms with Crippen molar-refractivity contribution in [1.29, 1.82) is 0 Å². The molecule has 0 spiro atoms. The fourth-order valence-electron chi connectivity index (χ4n) is 3.30. The molecule has 3 heteroatoms. The lowest BCUT2D eigenvalue weighted by atomic mass is 9.96. The van der Waals surface area contributed by atoms with Crippen LogP contribution in [0.5, 0.6) is 0 Å². The van der Waals surface area contributed by atoms with Crippen LogP contribution in [-0.4, -0.2) is 55.6 Å².